The van der Waals surface area contributed by atoms with Crippen LogP contribution in [-0.2, 0) is 22.9 Å². The topological polar surface area (TPSA) is 49.4 Å². The third-order valence-corrected chi connectivity index (χ3v) is 6.69. The van der Waals surface area contributed by atoms with E-state index in [1.807, 2.05) is 19.1 Å². The van der Waals surface area contributed by atoms with E-state index in [1.54, 1.807) is 10.4 Å². The van der Waals surface area contributed by atoms with E-state index in [0.29, 0.717) is 11.4 Å². The first-order valence-corrected chi connectivity index (χ1v) is 9.41. The average molecular weight is 308 g/mol. The number of hydrogen-bond donors (Lipinski definition) is 1. The van der Waals surface area contributed by atoms with Crippen LogP contribution >= 0.6 is 0 Å². The van der Waals surface area contributed by atoms with Crippen LogP contribution in [0.1, 0.15) is 37.3 Å². The minimum absolute atomic E-state index is 0.0852. The van der Waals surface area contributed by atoms with E-state index in [1.165, 1.54) is 11.1 Å². The Kier molecular flexibility index (Phi) is 4.33. The Morgan fingerprint density at radius 3 is 2.76 bits per heavy atom. The molecule has 116 valence electrons. The first kappa shape index (κ1) is 15.0. The zero-order valence-electron chi connectivity index (χ0n) is 12.6. The van der Waals surface area contributed by atoms with Gasteiger partial charge in [0.2, 0.25) is 10.0 Å². The Labute approximate surface area is 127 Å². The first-order valence-electron chi connectivity index (χ1n) is 7.97. The lowest BCUT2D eigenvalue weighted by Crippen LogP contribution is -2.48. The highest BCUT2D eigenvalue weighted by Gasteiger charge is 2.31. The number of likely N-dealkylation sites (N-methyl/N-ethyl adjacent to an activating group) is 1. The van der Waals surface area contributed by atoms with Gasteiger partial charge in [0.15, 0.2) is 0 Å². The molecule has 0 radical (unpaired) electrons. The standard InChI is InChI=1S/C16H24N2O2S/c1-2-18(15-7-4-10-17-12-15)21(19,20)16-9-8-13-5-3-6-14(13)11-16/h8-9,11,15,17H,2-7,10,12H2,1H3. The van der Waals surface area contributed by atoms with E-state index >= 15 is 0 Å². The maximum absolute atomic E-state index is 13.0. The second-order valence-electron chi connectivity index (χ2n) is 5.99. The van der Waals surface area contributed by atoms with Crippen molar-refractivity contribution < 1.29 is 8.42 Å². The van der Waals surface area contributed by atoms with Crippen LogP contribution in [0.15, 0.2) is 23.1 Å². The molecule has 1 N–H and O–H groups in total. The molecule has 3 rings (SSSR count). The van der Waals surface area contributed by atoms with Crippen molar-refractivity contribution in [3.05, 3.63) is 29.3 Å². The summed E-state index contributed by atoms with van der Waals surface area (Å²) in [5.74, 6) is 0. The molecular weight excluding hydrogens is 284 g/mol. The summed E-state index contributed by atoms with van der Waals surface area (Å²) in [4.78, 5) is 0.468. The van der Waals surface area contributed by atoms with Gasteiger partial charge in [-0.15, -0.1) is 0 Å². The van der Waals surface area contributed by atoms with E-state index in [2.05, 4.69) is 5.32 Å². The van der Waals surface area contributed by atoms with Crippen molar-refractivity contribution in [2.24, 2.45) is 0 Å². The van der Waals surface area contributed by atoms with E-state index < -0.39 is 10.0 Å². The number of benzene rings is 1. The molecule has 1 aromatic rings. The molecule has 1 heterocycles. The molecule has 1 unspecified atom stereocenters. The maximum Gasteiger partial charge on any atom is 0.243 e. The van der Waals surface area contributed by atoms with Crippen LogP contribution in [0, 0.1) is 0 Å². The number of nitrogens with one attached hydrogen (secondary N) is 1. The number of aryl methyl sites for hydroxylation is 2. The zero-order valence-corrected chi connectivity index (χ0v) is 13.5. The third kappa shape index (κ3) is 2.87. The van der Waals surface area contributed by atoms with Gasteiger partial charge in [0.25, 0.3) is 0 Å². The lowest BCUT2D eigenvalue weighted by atomic mass is 10.1. The van der Waals surface area contributed by atoms with Crippen LogP contribution in [-0.4, -0.2) is 38.4 Å². The SMILES string of the molecule is CCN(C1CCCNC1)S(=O)(=O)c1ccc2c(c1)CCC2. The summed E-state index contributed by atoms with van der Waals surface area (Å²) in [6.07, 6.45) is 5.23. The molecule has 5 heteroatoms. The van der Waals surface area contributed by atoms with Crippen LogP contribution in [0.5, 0.6) is 0 Å². The summed E-state index contributed by atoms with van der Waals surface area (Å²) in [7, 11) is -3.38. The molecule has 0 spiro atoms. The Bertz CT molecular complexity index is 607. The van der Waals surface area contributed by atoms with Gasteiger partial charge in [0.1, 0.15) is 0 Å². The summed E-state index contributed by atoms with van der Waals surface area (Å²) in [6.45, 7) is 4.22. The molecule has 21 heavy (non-hydrogen) atoms. The highest BCUT2D eigenvalue weighted by Crippen LogP contribution is 2.27. The molecule has 0 bridgehead atoms. The molecule has 2 aliphatic rings. The molecule has 1 aliphatic carbocycles. The van der Waals surface area contributed by atoms with E-state index in [4.69, 9.17) is 0 Å². The van der Waals surface area contributed by atoms with Gasteiger partial charge in [0.05, 0.1) is 4.90 Å². The lowest BCUT2D eigenvalue weighted by Gasteiger charge is -2.33. The van der Waals surface area contributed by atoms with Gasteiger partial charge in [-0.3, -0.25) is 0 Å². The van der Waals surface area contributed by atoms with Crippen LogP contribution in [0.25, 0.3) is 0 Å². The van der Waals surface area contributed by atoms with Gasteiger partial charge in [-0.25, -0.2) is 8.42 Å². The molecule has 4 nitrogen and oxygen atoms in total. The van der Waals surface area contributed by atoms with Crippen molar-refractivity contribution in [2.45, 2.75) is 50.0 Å². The minimum atomic E-state index is -3.38. The lowest BCUT2D eigenvalue weighted by molar-refractivity contribution is 0.274. The fourth-order valence-electron chi connectivity index (χ4n) is 3.55. The molecule has 1 saturated heterocycles. The number of hydrogen-bond acceptors (Lipinski definition) is 3. The van der Waals surface area contributed by atoms with Crippen molar-refractivity contribution >= 4 is 10.0 Å². The maximum atomic E-state index is 13.0. The zero-order chi connectivity index (χ0) is 14.9. The first-order chi connectivity index (χ1) is 10.1. The molecule has 1 aliphatic heterocycles. The Hall–Kier alpha value is -0.910. The van der Waals surface area contributed by atoms with Crippen molar-refractivity contribution in [1.82, 2.24) is 9.62 Å². The van der Waals surface area contributed by atoms with Crippen LogP contribution in [0.3, 0.4) is 0 Å². The van der Waals surface area contributed by atoms with Gasteiger partial charge >= 0.3 is 0 Å². The molecule has 1 fully saturated rings. The van der Waals surface area contributed by atoms with E-state index in [-0.39, 0.29) is 6.04 Å². The van der Waals surface area contributed by atoms with E-state index in [9.17, 15) is 8.42 Å². The fraction of sp³-hybridized carbons (Fsp3) is 0.625. The molecule has 0 aromatic heterocycles. The van der Waals surface area contributed by atoms with Crippen LogP contribution in [0.4, 0.5) is 0 Å². The van der Waals surface area contributed by atoms with Gasteiger partial charge in [-0.2, -0.15) is 4.31 Å². The summed E-state index contributed by atoms with van der Waals surface area (Å²) >= 11 is 0. The smallest absolute Gasteiger partial charge is 0.243 e. The highest BCUT2D eigenvalue weighted by atomic mass is 32.2. The predicted molar refractivity (Wildman–Crippen MR) is 83.9 cm³/mol. The highest BCUT2D eigenvalue weighted by molar-refractivity contribution is 7.89. The Morgan fingerprint density at radius 2 is 2.05 bits per heavy atom. The molecule has 0 amide bonds. The average Bonchev–Trinajstić information content (AvgIpc) is 2.96. The second-order valence-corrected chi connectivity index (χ2v) is 7.88. The predicted octanol–water partition coefficient (Wildman–Crippen LogP) is 1.94. The van der Waals surface area contributed by atoms with Crippen LogP contribution < -0.4 is 5.32 Å². The molecule has 1 aromatic carbocycles. The summed E-state index contributed by atoms with van der Waals surface area (Å²) < 4.78 is 27.6. The number of sulfonamides is 1. The monoisotopic (exact) mass is 308 g/mol. The molecule has 0 saturated carbocycles. The van der Waals surface area contributed by atoms with Crippen LogP contribution in [0.2, 0.25) is 0 Å². The number of rotatable bonds is 4. The largest absolute Gasteiger partial charge is 0.315 e. The van der Waals surface area contributed by atoms with Gasteiger partial charge in [0, 0.05) is 19.1 Å². The minimum Gasteiger partial charge on any atom is -0.315 e. The van der Waals surface area contributed by atoms with Crippen molar-refractivity contribution in [3.63, 3.8) is 0 Å². The summed E-state index contributed by atoms with van der Waals surface area (Å²) in [5.41, 5.74) is 2.53. The van der Waals surface area contributed by atoms with Crippen molar-refractivity contribution in [2.75, 3.05) is 19.6 Å². The van der Waals surface area contributed by atoms with Gasteiger partial charge < -0.3 is 5.32 Å². The van der Waals surface area contributed by atoms with Crippen molar-refractivity contribution in [3.8, 4) is 0 Å². The molecular formula is C16H24N2O2S. The summed E-state index contributed by atoms with van der Waals surface area (Å²) in [6, 6.07) is 5.78. The third-order valence-electron chi connectivity index (χ3n) is 4.67. The number of fused-ring (bicyclic) bond motifs is 1. The van der Waals surface area contributed by atoms with E-state index in [0.717, 1.165) is 45.2 Å². The Morgan fingerprint density at radius 1 is 1.24 bits per heavy atom. The van der Waals surface area contributed by atoms with Gasteiger partial charge in [-0.1, -0.05) is 13.0 Å². The van der Waals surface area contributed by atoms with Gasteiger partial charge in [-0.05, 0) is 61.9 Å². The fourth-order valence-corrected chi connectivity index (χ4v) is 5.26. The normalized spacial score (nSPS) is 22.5. The van der Waals surface area contributed by atoms with Crippen molar-refractivity contribution in [1.29, 1.82) is 0 Å². The quantitative estimate of drug-likeness (QED) is 0.925. The number of piperidine rings is 1. The second kappa shape index (κ2) is 6.07. The molecule has 1 atom stereocenters. The Balaban J connectivity index is 1.90. The number of nitrogens with zero attached hydrogens (tertiary/aromatic N) is 1. The summed E-state index contributed by atoms with van der Waals surface area (Å²) in [5, 5.41) is 3.31.